The summed E-state index contributed by atoms with van der Waals surface area (Å²) in [4.78, 5) is 52.4. The van der Waals surface area contributed by atoms with E-state index in [0.29, 0.717) is 19.3 Å². The molecule has 14 nitrogen and oxygen atoms in total. The van der Waals surface area contributed by atoms with Gasteiger partial charge in [-0.2, -0.15) is 0 Å². The molecule has 0 saturated heterocycles. The SMILES string of the molecule is CCC(C)CCCCCCCCC(=O)O[C@H](COC(=O)CCC/C=C\C/C=C\C/C=C\C/C=C\CC[C@@H](O)CC)COP(=O)(O)OC[C@@H](O)COP(=O)(O)O. The van der Waals surface area contributed by atoms with Crippen LogP contribution in [0.3, 0.4) is 0 Å². The number of hydrogen-bond acceptors (Lipinski definition) is 11. The van der Waals surface area contributed by atoms with Gasteiger partial charge in [-0.25, -0.2) is 9.13 Å². The predicted molar refractivity (Wildman–Crippen MR) is 213 cm³/mol. The zero-order valence-corrected chi connectivity index (χ0v) is 35.1. The lowest BCUT2D eigenvalue weighted by molar-refractivity contribution is -0.161. The summed E-state index contributed by atoms with van der Waals surface area (Å²) in [6, 6.07) is 0. The first-order valence-corrected chi connectivity index (χ1v) is 22.8. The fraction of sp³-hybridized carbons (Fsp3) is 0.744. The molecule has 55 heavy (non-hydrogen) atoms. The Bertz CT molecular complexity index is 1200. The van der Waals surface area contributed by atoms with Crippen LogP contribution in [-0.4, -0.2) is 81.6 Å². The van der Waals surface area contributed by atoms with Gasteiger partial charge in [0.15, 0.2) is 6.10 Å². The lowest BCUT2D eigenvalue weighted by atomic mass is 10.00. The van der Waals surface area contributed by atoms with Crippen molar-refractivity contribution in [2.24, 2.45) is 5.92 Å². The van der Waals surface area contributed by atoms with Crippen molar-refractivity contribution >= 4 is 27.6 Å². The molecule has 0 aromatic carbocycles. The first-order chi connectivity index (χ1) is 26.2. The summed E-state index contributed by atoms with van der Waals surface area (Å²) in [6.07, 6.45) is 28.0. The highest BCUT2D eigenvalue weighted by Crippen LogP contribution is 2.43. The number of aliphatic hydroxyl groups excluding tert-OH is 2. The number of carbonyl (C=O) groups excluding carboxylic acids is 2. The number of rotatable bonds is 36. The van der Waals surface area contributed by atoms with E-state index >= 15 is 0 Å². The molecular weight excluding hydrogens is 754 g/mol. The molecule has 0 aliphatic carbocycles. The Morgan fingerprint density at radius 1 is 0.582 bits per heavy atom. The van der Waals surface area contributed by atoms with Gasteiger partial charge in [0, 0.05) is 12.8 Å². The summed E-state index contributed by atoms with van der Waals surface area (Å²) in [6.45, 7) is 3.62. The van der Waals surface area contributed by atoms with Crippen molar-refractivity contribution < 1.29 is 66.7 Å². The molecule has 0 aliphatic rings. The smallest absolute Gasteiger partial charge is 0.462 e. The Morgan fingerprint density at radius 3 is 1.71 bits per heavy atom. The minimum atomic E-state index is -4.87. The van der Waals surface area contributed by atoms with Crippen molar-refractivity contribution in [3.63, 3.8) is 0 Å². The molecular formula is C39H70O14P2. The standard InChI is InChI=1S/C39H70O14P2/c1-4-34(3)26-22-18-16-17-21-25-29-39(43)53-37(33-52-55(47,48)51-31-36(41)30-50-54(44,45)46)32-49-38(42)28-24-20-15-13-11-9-7-6-8-10-12-14-19-23-27-35(40)5-2/h7-10,13-15,19,34-37,40-41H,4-6,11-12,16-18,20-33H2,1-3H3,(H,47,48)(H2,44,45,46)/b9-7-,10-8-,15-13-,19-14-/t34?,35-,36-,37+/m0/s1. The maximum absolute atomic E-state index is 12.6. The van der Waals surface area contributed by atoms with Crippen LogP contribution in [0.2, 0.25) is 0 Å². The van der Waals surface area contributed by atoms with Crippen LogP contribution in [0.5, 0.6) is 0 Å². The summed E-state index contributed by atoms with van der Waals surface area (Å²) in [7, 11) is -9.69. The van der Waals surface area contributed by atoms with Crippen LogP contribution in [-0.2, 0) is 41.8 Å². The number of carbonyl (C=O) groups is 2. The van der Waals surface area contributed by atoms with E-state index in [2.05, 4.69) is 59.4 Å². The Hall–Kier alpha value is -1.96. The van der Waals surface area contributed by atoms with Gasteiger partial charge in [-0.05, 0) is 63.7 Å². The van der Waals surface area contributed by atoms with E-state index in [0.717, 1.165) is 70.1 Å². The second kappa shape index (κ2) is 34.1. The molecule has 0 heterocycles. The van der Waals surface area contributed by atoms with Crippen LogP contribution < -0.4 is 0 Å². The maximum Gasteiger partial charge on any atom is 0.472 e. The molecule has 2 unspecified atom stereocenters. The monoisotopic (exact) mass is 824 g/mol. The minimum Gasteiger partial charge on any atom is -0.462 e. The van der Waals surface area contributed by atoms with Gasteiger partial charge >= 0.3 is 27.6 Å². The Morgan fingerprint density at radius 2 is 1.11 bits per heavy atom. The van der Waals surface area contributed by atoms with Gasteiger partial charge in [0.2, 0.25) is 0 Å². The number of phosphoric ester groups is 2. The average Bonchev–Trinajstić information content (AvgIpc) is 3.14. The van der Waals surface area contributed by atoms with Gasteiger partial charge in [0.05, 0.1) is 25.9 Å². The quantitative estimate of drug-likeness (QED) is 0.0174. The van der Waals surface area contributed by atoms with Gasteiger partial charge in [0.1, 0.15) is 12.7 Å². The van der Waals surface area contributed by atoms with E-state index in [4.69, 9.17) is 23.8 Å². The van der Waals surface area contributed by atoms with Gasteiger partial charge in [-0.1, -0.05) is 114 Å². The first-order valence-electron chi connectivity index (χ1n) is 19.8. The normalized spacial score (nSPS) is 15.9. The number of unbranched alkanes of at least 4 members (excludes halogenated alkanes) is 6. The van der Waals surface area contributed by atoms with E-state index in [9.17, 15) is 33.8 Å². The molecule has 320 valence electrons. The summed E-state index contributed by atoms with van der Waals surface area (Å²) in [5.41, 5.74) is 0. The molecule has 0 bridgehead atoms. The molecule has 0 saturated carbocycles. The highest BCUT2D eigenvalue weighted by Gasteiger charge is 2.28. The van der Waals surface area contributed by atoms with Crippen molar-refractivity contribution in [3.8, 4) is 0 Å². The van der Waals surface area contributed by atoms with E-state index in [1.54, 1.807) is 0 Å². The molecule has 0 amide bonds. The number of esters is 2. The number of hydrogen-bond donors (Lipinski definition) is 5. The Balaban J connectivity index is 4.65. The van der Waals surface area contributed by atoms with E-state index < -0.39 is 66.2 Å². The van der Waals surface area contributed by atoms with Crippen molar-refractivity contribution in [1.29, 1.82) is 0 Å². The summed E-state index contributed by atoms with van der Waals surface area (Å²) in [5.74, 6) is -0.391. The first kappa shape index (κ1) is 53.0. The summed E-state index contributed by atoms with van der Waals surface area (Å²) >= 11 is 0. The highest BCUT2D eigenvalue weighted by atomic mass is 31.2. The van der Waals surface area contributed by atoms with Crippen LogP contribution in [0.4, 0.5) is 0 Å². The lowest BCUT2D eigenvalue weighted by Gasteiger charge is -2.20. The summed E-state index contributed by atoms with van der Waals surface area (Å²) < 4.78 is 47.5. The number of ether oxygens (including phenoxy) is 2. The van der Waals surface area contributed by atoms with Gasteiger partial charge in [-0.15, -0.1) is 0 Å². The number of phosphoric acid groups is 2. The number of allylic oxidation sites excluding steroid dienone is 8. The molecule has 0 rings (SSSR count). The van der Waals surface area contributed by atoms with Crippen LogP contribution in [0.25, 0.3) is 0 Å². The van der Waals surface area contributed by atoms with Gasteiger partial charge in [0.25, 0.3) is 0 Å². The summed E-state index contributed by atoms with van der Waals surface area (Å²) in [5, 5.41) is 19.3. The zero-order chi connectivity index (χ0) is 41.2. The fourth-order valence-electron chi connectivity index (χ4n) is 4.82. The van der Waals surface area contributed by atoms with Crippen LogP contribution in [0.1, 0.15) is 136 Å². The fourth-order valence-corrected chi connectivity index (χ4v) is 5.98. The molecule has 0 aromatic rings. The van der Waals surface area contributed by atoms with Crippen LogP contribution in [0.15, 0.2) is 48.6 Å². The molecule has 0 spiro atoms. The second-order valence-electron chi connectivity index (χ2n) is 13.6. The van der Waals surface area contributed by atoms with Crippen LogP contribution in [0, 0.1) is 5.92 Å². The van der Waals surface area contributed by atoms with Crippen molar-refractivity contribution in [2.75, 3.05) is 26.4 Å². The molecule has 5 N–H and O–H groups in total. The highest BCUT2D eigenvalue weighted by molar-refractivity contribution is 7.47. The van der Waals surface area contributed by atoms with Crippen molar-refractivity contribution in [1.82, 2.24) is 0 Å². The molecule has 0 aromatic heterocycles. The second-order valence-corrected chi connectivity index (χ2v) is 16.3. The third-order valence-electron chi connectivity index (χ3n) is 8.41. The third-order valence-corrected chi connectivity index (χ3v) is 9.85. The van der Waals surface area contributed by atoms with Gasteiger partial charge in [-0.3, -0.25) is 23.2 Å². The molecule has 16 heteroatoms. The predicted octanol–water partition coefficient (Wildman–Crippen LogP) is 8.33. The molecule has 0 radical (unpaired) electrons. The zero-order valence-electron chi connectivity index (χ0n) is 33.3. The largest absolute Gasteiger partial charge is 0.472 e. The maximum atomic E-state index is 12.6. The third kappa shape index (κ3) is 37.4. The molecule has 0 aliphatic heterocycles. The number of aliphatic hydroxyl groups is 2. The molecule has 5 atom stereocenters. The van der Waals surface area contributed by atoms with E-state index in [1.807, 2.05) is 19.1 Å². The Kier molecular flexibility index (Phi) is 32.9. The molecule has 0 fully saturated rings. The topological polar surface area (TPSA) is 216 Å². The van der Waals surface area contributed by atoms with Crippen molar-refractivity contribution in [3.05, 3.63) is 48.6 Å². The van der Waals surface area contributed by atoms with Crippen molar-refractivity contribution in [2.45, 2.75) is 155 Å². The van der Waals surface area contributed by atoms with Gasteiger partial charge < -0.3 is 34.4 Å². The lowest BCUT2D eigenvalue weighted by Crippen LogP contribution is -2.30. The average molecular weight is 825 g/mol. The van der Waals surface area contributed by atoms with E-state index in [-0.39, 0.29) is 18.9 Å². The Labute approximate surface area is 329 Å². The van der Waals surface area contributed by atoms with E-state index in [1.165, 1.54) is 19.3 Å². The van der Waals surface area contributed by atoms with Crippen LogP contribution >= 0.6 is 15.6 Å². The minimum absolute atomic E-state index is 0.105.